The molecule has 7 nitrogen and oxygen atoms in total. The maximum Gasteiger partial charge on any atom is 0.307 e. The highest BCUT2D eigenvalue weighted by atomic mass is 16.6. The fourth-order valence-electron chi connectivity index (χ4n) is 4.34. The van der Waals surface area contributed by atoms with Gasteiger partial charge in [-0.2, -0.15) is 0 Å². The van der Waals surface area contributed by atoms with Crippen molar-refractivity contribution in [2.75, 3.05) is 19.7 Å². The Morgan fingerprint density at radius 3 is 2.57 bits per heavy atom. The first-order valence-electron chi connectivity index (χ1n) is 12.6. The highest BCUT2D eigenvalue weighted by molar-refractivity contribution is 5.69. The minimum absolute atomic E-state index is 0.106. The minimum atomic E-state index is -0.819. The van der Waals surface area contributed by atoms with Crippen molar-refractivity contribution in [3.05, 3.63) is 60.4 Å². The van der Waals surface area contributed by atoms with Gasteiger partial charge in [0.05, 0.1) is 12.2 Å². The van der Waals surface area contributed by atoms with E-state index >= 15 is 0 Å². The number of benzene rings is 1. The van der Waals surface area contributed by atoms with E-state index in [0.717, 1.165) is 13.1 Å². The lowest BCUT2D eigenvalue weighted by atomic mass is 9.90. The van der Waals surface area contributed by atoms with Crippen LogP contribution in [0.5, 0.6) is 5.75 Å². The zero-order valence-corrected chi connectivity index (χ0v) is 21.1. The van der Waals surface area contributed by atoms with Crippen molar-refractivity contribution in [1.82, 2.24) is 4.90 Å². The summed E-state index contributed by atoms with van der Waals surface area (Å²) in [5.74, 6) is -0.00947. The molecule has 194 valence electrons. The van der Waals surface area contributed by atoms with Gasteiger partial charge in [0.1, 0.15) is 18.5 Å². The lowest BCUT2D eigenvalue weighted by Gasteiger charge is -2.25. The van der Waals surface area contributed by atoms with Crippen LogP contribution in [-0.4, -0.2) is 70.4 Å². The summed E-state index contributed by atoms with van der Waals surface area (Å²) in [6.45, 7) is 7.70. The number of esters is 1. The third-order valence-corrected chi connectivity index (χ3v) is 6.38. The number of hydrogen-bond donors (Lipinski definition) is 3. The van der Waals surface area contributed by atoms with E-state index in [-0.39, 0.29) is 37.1 Å². The summed E-state index contributed by atoms with van der Waals surface area (Å²) in [5, 5.41) is 31.0. The van der Waals surface area contributed by atoms with Crippen molar-refractivity contribution in [2.45, 2.75) is 71.0 Å². The average molecular weight is 488 g/mol. The Bertz CT molecular complexity index is 831. The quantitative estimate of drug-likeness (QED) is 0.160. The second-order valence-corrected chi connectivity index (χ2v) is 8.85. The molecule has 7 heteroatoms. The van der Waals surface area contributed by atoms with E-state index in [1.54, 1.807) is 18.2 Å². The third-order valence-electron chi connectivity index (χ3n) is 6.38. The van der Waals surface area contributed by atoms with E-state index in [9.17, 15) is 20.1 Å². The molecule has 6 atom stereocenters. The Morgan fingerprint density at radius 1 is 1.17 bits per heavy atom. The molecular weight excluding hydrogens is 446 g/mol. The minimum Gasteiger partial charge on any atom is -0.491 e. The van der Waals surface area contributed by atoms with Gasteiger partial charge < -0.3 is 24.8 Å². The number of para-hydroxylation sites is 1. The fraction of sp³-hybridized carbons (Fsp3) is 0.571. The lowest BCUT2D eigenvalue weighted by Crippen LogP contribution is -2.36. The van der Waals surface area contributed by atoms with Gasteiger partial charge in [0.25, 0.3) is 0 Å². The summed E-state index contributed by atoms with van der Waals surface area (Å²) in [5.41, 5.74) is 3.07. The summed E-state index contributed by atoms with van der Waals surface area (Å²) in [7, 11) is 0. The standard InChI is InChI=1S/C28H41NO6/c1-4-29(5-2)21(3)35-28(33)16-12-7-6-11-15-24-25(27(32)19-26(24)31)18-17-22(30)20-34-23-13-9-8-10-14-23/h7-11,13-14,17-18,21-22,24-27,30-32H,4-5,12,15-16,19-20H2,1-3H3/b18-17+. The second kappa shape index (κ2) is 15.6. The molecule has 1 aliphatic carbocycles. The molecule has 0 saturated heterocycles. The molecule has 0 bridgehead atoms. The van der Waals surface area contributed by atoms with Crippen LogP contribution < -0.4 is 4.74 Å². The number of carbonyl (C=O) groups excluding carboxylic acids is 1. The van der Waals surface area contributed by atoms with Gasteiger partial charge in [-0.15, -0.1) is 5.73 Å². The number of aliphatic hydroxyl groups excluding tert-OH is 3. The molecule has 0 spiro atoms. The Balaban J connectivity index is 1.79. The number of carbonyl (C=O) groups is 1. The van der Waals surface area contributed by atoms with Crippen molar-refractivity contribution < 1.29 is 29.6 Å². The van der Waals surface area contributed by atoms with Crippen LogP contribution in [0.1, 0.15) is 46.5 Å². The van der Waals surface area contributed by atoms with Gasteiger partial charge >= 0.3 is 5.97 Å². The topological polar surface area (TPSA) is 99.5 Å². The monoisotopic (exact) mass is 487 g/mol. The van der Waals surface area contributed by atoms with Crippen LogP contribution in [0.15, 0.2) is 60.4 Å². The number of hydrogen-bond acceptors (Lipinski definition) is 7. The van der Waals surface area contributed by atoms with Gasteiger partial charge in [-0.25, -0.2) is 0 Å². The predicted octanol–water partition coefficient (Wildman–Crippen LogP) is 3.45. The first-order chi connectivity index (χ1) is 16.8. The highest BCUT2D eigenvalue weighted by Crippen LogP contribution is 2.36. The van der Waals surface area contributed by atoms with Gasteiger partial charge in [0.15, 0.2) is 6.23 Å². The Hall–Kier alpha value is -2.41. The predicted molar refractivity (Wildman–Crippen MR) is 136 cm³/mol. The van der Waals surface area contributed by atoms with Gasteiger partial charge in [0.2, 0.25) is 0 Å². The van der Waals surface area contributed by atoms with Crippen LogP contribution in [0.3, 0.4) is 0 Å². The van der Waals surface area contributed by atoms with Crippen molar-refractivity contribution in [3.63, 3.8) is 0 Å². The normalized spacial score (nSPS) is 23.6. The number of rotatable bonds is 14. The van der Waals surface area contributed by atoms with Crippen molar-refractivity contribution >= 4 is 5.97 Å². The van der Waals surface area contributed by atoms with E-state index in [1.165, 1.54) is 0 Å². The highest BCUT2D eigenvalue weighted by Gasteiger charge is 2.39. The lowest BCUT2D eigenvalue weighted by molar-refractivity contribution is -0.157. The zero-order valence-electron chi connectivity index (χ0n) is 21.1. The maximum absolute atomic E-state index is 12.0. The molecule has 35 heavy (non-hydrogen) atoms. The van der Waals surface area contributed by atoms with Crippen LogP contribution in [0.2, 0.25) is 0 Å². The van der Waals surface area contributed by atoms with Crippen LogP contribution in [0.25, 0.3) is 0 Å². The van der Waals surface area contributed by atoms with Gasteiger partial charge in [-0.3, -0.25) is 9.69 Å². The number of ether oxygens (including phenoxy) is 2. The number of allylic oxidation sites excluding steroid dienone is 1. The second-order valence-electron chi connectivity index (χ2n) is 8.85. The van der Waals surface area contributed by atoms with Gasteiger partial charge in [0, 0.05) is 18.8 Å². The molecule has 0 aromatic heterocycles. The van der Waals surface area contributed by atoms with Gasteiger partial charge in [-0.05, 0) is 63.1 Å². The molecule has 0 aliphatic heterocycles. The molecule has 1 fully saturated rings. The Morgan fingerprint density at radius 2 is 1.89 bits per heavy atom. The fourth-order valence-corrected chi connectivity index (χ4v) is 4.34. The molecule has 0 radical (unpaired) electrons. The third kappa shape index (κ3) is 10.0. The summed E-state index contributed by atoms with van der Waals surface area (Å²) >= 11 is 0. The Kier molecular flexibility index (Phi) is 12.8. The van der Waals surface area contributed by atoms with E-state index in [1.807, 2.05) is 57.2 Å². The molecule has 1 aliphatic rings. The largest absolute Gasteiger partial charge is 0.491 e. The SMILES string of the molecule is CCN(CC)C(C)OC(=O)CCC=C=CCC1C(O)CC(O)C1/C=C/C(O)COc1ccccc1. The van der Waals surface area contributed by atoms with E-state index in [0.29, 0.717) is 25.0 Å². The van der Waals surface area contributed by atoms with Crippen LogP contribution in [-0.2, 0) is 9.53 Å². The summed E-state index contributed by atoms with van der Waals surface area (Å²) in [4.78, 5) is 14.1. The molecule has 0 heterocycles. The van der Waals surface area contributed by atoms with Crippen molar-refractivity contribution in [1.29, 1.82) is 0 Å². The average Bonchev–Trinajstić information content (AvgIpc) is 3.11. The van der Waals surface area contributed by atoms with Gasteiger partial charge in [-0.1, -0.05) is 44.2 Å². The van der Waals surface area contributed by atoms with Crippen LogP contribution in [0, 0.1) is 11.8 Å². The number of aliphatic hydroxyl groups is 3. The maximum atomic E-state index is 12.0. The van der Waals surface area contributed by atoms with Crippen molar-refractivity contribution in [2.24, 2.45) is 11.8 Å². The summed E-state index contributed by atoms with van der Waals surface area (Å²) in [6.07, 6.45) is 6.28. The Labute approximate surface area is 209 Å². The molecule has 6 unspecified atom stereocenters. The number of nitrogens with zero attached hydrogens (tertiary/aromatic N) is 1. The molecule has 1 aromatic rings. The van der Waals surface area contributed by atoms with E-state index in [4.69, 9.17) is 9.47 Å². The van der Waals surface area contributed by atoms with Crippen molar-refractivity contribution in [3.8, 4) is 5.75 Å². The van der Waals surface area contributed by atoms with E-state index in [2.05, 4.69) is 10.6 Å². The molecule has 3 N–H and O–H groups in total. The zero-order chi connectivity index (χ0) is 25.6. The molecule has 0 amide bonds. The smallest absolute Gasteiger partial charge is 0.307 e. The molecule has 2 rings (SSSR count). The first-order valence-corrected chi connectivity index (χ1v) is 12.6. The molecular formula is C28H41NO6. The summed E-state index contributed by atoms with van der Waals surface area (Å²) < 4.78 is 11.0. The van der Waals surface area contributed by atoms with E-state index < -0.39 is 18.3 Å². The van der Waals surface area contributed by atoms with Crippen LogP contribution in [0.4, 0.5) is 0 Å². The summed E-state index contributed by atoms with van der Waals surface area (Å²) in [6, 6.07) is 9.25. The van der Waals surface area contributed by atoms with Crippen LogP contribution >= 0.6 is 0 Å². The molecule has 1 saturated carbocycles. The first kappa shape index (κ1) is 28.8. The molecule has 1 aromatic carbocycles.